The Morgan fingerprint density at radius 2 is 2.00 bits per heavy atom. The van der Waals surface area contributed by atoms with E-state index in [1.807, 2.05) is 11.4 Å². The van der Waals surface area contributed by atoms with Crippen molar-refractivity contribution in [2.45, 2.75) is 0 Å². The maximum Gasteiger partial charge on any atom is 0.116 e. The standard InChI is InChI=1S/C13H7N3S2/c1-2-8-4-18-16-12(8)9(3-1)13-10-5-17-6-11(10)14-7-15-13/h1-7H. The van der Waals surface area contributed by atoms with Crippen LogP contribution in [0.25, 0.3) is 33.1 Å². The first-order chi connectivity index (χ1) is 8.93. The van der Waals surface area contributed by atoms with E-state index >= 15 is 0 Å². The van der Waals surface area contributed by atoms with Gasteiger partial charge in [-0.25, -0.2) is 9.97 Å². The molecule has 4 aromatic rings. The minimum absolute atomic E-state index is 0.970. The molecule has 3 nitrogen and oxygen atoms in total. The van der Waals surface area contributed by atoms with Crippen molar-refractivity contribution in [3.63, 3.8) is 0 Å². The molecular formula is C13H7N3S2. The molecule has 0 spiro atoms. The van der Waals surface area contributed by atoms with E-state index in [4.69, 9.17) is 0 Å². The predicted molar refractivity (Wildman–Crippen MR) is 76.0 cm³/mol. The van der Waals surface area contributed by atoms with Gasteiger partial charge in [0.15, 0.2) is 0 Å². The van der Waals surface area contributed by atoms with Gasteiger partial charge in [0.1, 0.15) is 6.33 Å². The smallest absolute Gasteiger partial charge is 0.116 e. The fourth-order valence-corrected chi connectivity index (χ4v) is 3.50. The molecule has 0 atom stereocenters. The van der Waals surface area contributed by atoms with Crippen molar-refractivity contribution in [3.8, 4) is 11.3 Å². The maximum absolute atomic E-state index is 4.47. The Bertz CT molecular complexity index is 775. The summed E-state index contributed by atoms with van der Waals surface area (Å²) in [6.07, 6.45) is 1.62. The molecule has 0 saturated carbocycles. The van der Waals surface area contributed by atoms with E-state index in [2.05, 4.69) is 37.2 Å². The van der Waals surface area contributed by atoms with Crippen molar-refractivity contribution in [1.29, 1.82) is 0 Å². The monoisotopic (exact) mass is 269 g/mol. The van der Waals surface area contributed by atoms with E-state index < -0.39 is 0 Å². The average molecular weight is 269 g/mol. The van der Waals surface area contributed by atoms with Crippen molar-refractivity contribution in [3.05, 3.63) is 40.7 Å². The van der Waals surface area contributed by atoms with E-state index in [1.54, 1.807) is 17.7 Å². The van der Waals surface area contributed by atoms with Gasteiger partial charge in [-0.15, -0.1) is 11.3 Å². The lowest BCUT2D eigenvalue weighted by Gasteiger charge is -2.02. The Labute approximate surface area is 111 Å². The molecule has 18 heavy (non-hydrogen) atoms. The zero-order chi connectivity index (χ0) is 11.9. The number of benzene rings is 1. The molecule has 3 heterocycles. The second kappa shape index (κ2) is 3.83. The molecule has 4 rings (SSSR count). The van der Waals surface area contributed by atoms with Gasteiger partial charge < -0.3 is 0 Å². The minimum atomic E-state index is 0.970. The summed E-state index contributed by atoms with van der Waals surface area (Å²) in [4.78, 5) is 8.72. The van der Waals surface area contributed by atoms with Gasteiger partial charge in [0.05, 0.1) is 16.7 Å². The van der Waals surface area contributed by atoms with Gasteiger partial charge in [-0.2, -0.15) is 4.37 Å². The summed E-state index contributed by atoms with van der Waals surface area (Å²) in [5.74, 6) is 0. The van der Waals surface area contributed by atoms with Gasteiger partial charge in [0.2, 0.25) is 0 Å². The Kier molecular flexibility index (Phi) is 2.15. The third-order valence-corrected chi connectivity index (χ3v) is 4.30. The van der Waals surface area contributed by atoms with Crippen LogP contribution in [0.5, 0.6) is 0 Å². The van der Waals surface area contributed by atoms with Crippen LogP contribution < -0.4 is 0 Å². The second-order valence-corrected chi connectivity index (χ2v) is 5.32. The maximum atomic E-state index is 4.47. The lowest BCUT2D eigenvalue weighted by atomic mass is 10.1. The number of fused-ring (bicyclic) bond motifs is 2. The fraction of sp³-hybridized carbons (Fsp3) is 0. The fourth-order valence-electron chi connectivity index (χ4n) is 2.09. The van der Waals surface area contributed by atoms with E-state index in [9.17, 15) is 0 Å². The highest BCUT2D eigenvalue weighted by molar-refractivity contribution is 7.09. The number of thiophene rings is 1. The largest absolute Gasteiger partial charge is 0.236 e. The van der Waals surface area contributed by atoms with Crippen LogP contribution in [0.15, 0.2) is 40.7 Å². The lowest BCUT2D eigenvalue weighted by Crippen LogP contribution is -1.87. The van der Waals surface area contributed by atoms with Crippen LogP contribution in [0.4, 0.5) is 0 Å². The summed E-state index contributed by atoms with van der Waals surface area (Å²) in [6.45, 7) is 0. The summed E-state index contributed by atoms with van der Waals surface area (Å²) in [7, 11) is 0. The molecule has 0 N–H and O–H groups in total. The quantitative estimate of drug-likeness (QED) is 0.525. The number of aromatic nitrogens is 3. The molecule has 0 fully saturated rings. The highest BCUT2D eigenvalue weighted by atomic mass is 32.1. The molecule has 0 aliphatic carbocycles. The number of hydrogen-bond acceptors (Lipinski definition) is 5. The van der Waals surface area contributed by atoms with Crippen molar-refractivity contribution in [1.82, 2.24) is 14.3 Å². The van der Waals surface area contributed by atoms with Crippen molar-refractivity contribution < 1.29 is 0 Å². The van der Waals surface area contributed by atoms with E-state index in [-0.39, 0.29) is 0 Å². The number of nitrogens with zero attached hydrogens (tertiary/aromatic N) is 3. The SMILES string of the molecule is c1cc(-c2ncnc3cscc23)c2nscc2c1. The lowest BCUT2D eigenvalue weighted by molar-refractivity contribution is 1.23. The normalized spacial score (nSPS) is 11.3. The zero-order valence-corrected chi connectivity index (χ0v) is 10.8. The summed E-state index contributed by atoms with van der Waals surface area (Å²) in [6, 6.07) is 6.20. The molecule has 0 amide bonds. The summed E-state index contributed by atoms with van der Waals surface area (Å²) in [5, 5.41) is 8.46. The molecule has 0 saturated heterocycles. The van der Waals surface area contributed by atoms with Gasteiger partial charge >= 0.3 is 0 Å². The van der Waals surface area contributed by atoms with Crippen LogP contribution in [0, 0.1) is 0 Å². The first-order valence-corrected chi connectivity index (χ1v) is 7.22. The van der Waals surface area contributed by atoms with Crippen molar-refractivity contribution >= 4 is 44.7 Å². The van der Waals surface area contributed by atoms with Crippen LogP contribution in [0.2, 0.25) is 0 Å². The van der Waals surface area contributed by atoms with Crippen molar-refractivity contribution in [2.24, 2.45) is 0 Å². The van der Waals surface area contributed by atoms with Gasteiger partial charge in [-0.3, -0.25) is 0 Å². The Morgan fingerprint density at radius 1 is 1.00 bits per heavy atom. The Morgan fingerprint density at radius 3 is 3.00 bits per heavy atom. The minimum Gasteiger partial charge on any atom is -0.236 e. The highest BCUT2D eigenvalue weighted by Gasteiger charge is 2.11. The molecule has 5 heteroatoms. The zero-order valence-electron chi connectivity index (χ0n) is 9.20. The van der Waals surface area contributed by atoms with Gasteiger partial charge in [-0.1, -0.05) is 18.2 Å². The molecule has 0 bridgehead atoms. The highest BCUT2D eigenvalue weighted by Crippen LogP contribution is 2.32. The van der Waals surface area contributed by atoms with Gasteiger partial charge in [0, 0.05) is 32.5 Å². The molecular weight excluding hydrogens is 262 g/mol. The number of rotatable bonds is 1. The van der Waals surface area contributed by atoms with Crippen LogP contribution in [0.3, 0.4) is 0 Å². The topological polar surface area (TPSA) is 38.7 Å². The molecule has 86 valence electrons. The summed E-state index contributed by atoms with van der Waals surface area (Å²) >= 11 is 3.13. The molecule has 3 aromatic heterocycles. The Hall–Kier alpha value is -1.85. The average Bonchev–Trinajstić information content (AvgIpc) is 3.06. The molecule has 0 aliphatic rings. The van der Waals surface area contributed by atoms with Crippen LogP contribution in [-0.4, -0.2) is 14.3 Å². The van der Waals surface area contributed by atoms with Crippen molar-refractivity contribution in [2.75, 3.05) is 0 Å². The first-order valence-electron chi connectivity index (χ1n) is 5.44. The molecule has 0 radical (unpaired) electrons. The molecule has 0 aliphatic heterocycles. The first kappa shape index (κ1) is 10.1. The Balaban J connectivity index is 2.13. The number of hydrogen-bond donors (Lipinski definition) is 0. The third-order valence-electron chi connectivity index (χ3n) is 2.93. The summed E-state index contributed by atoms with van der Waals surface area (Å²) in [5.41, 5.74) is 4.07. The van der Waals surface area contributed by atoms with Crippen LogP contribution >= 0.6 is 22.9 Å². The summed E-state index contributed by atoms with van der Waals surface area (Å²) < 4.78 is 4.47. The predicted octanol–water partition coefficient (Wildman–Crippen LogP) is 3.97. The van der Waals surface area contributed by atoms with Crippen LogP contribution in [-0.2, 0) is 0 Å². The molecule has 1 aromatic carbocycles. The third kappa shape index (κ3) is 1.38. The van der Waals surface area contributed by atoms with Gasteiger partial charge in [-0.05, 0) is 11.5 Å². The van der Waals surface area contributed by atoms with E-state index in [0.29, 0.717) is 0 Å². The van der Waals surface area contributed by atoms with E-state index in [0.717, 1.165) is 27.7 Å². The van der Waals surface area contributed by atoms with E-state index in [1.165, 1.54) is 16.9 Å². The van der Waals surface area contributed by atoms with Crippen LogP contribution in [0.1, 0.15) is 0 Å². The second-order valence-electron chi connectivity index (χ2n) is 3.95. The molecule has 0 unspecified atom stereocenters. The van der Waals surface area contributed by atoms with Gasteiger partial charge in [0.25, 0.3) is 0 Å².